The fraction of sp³-hybridized carbons (Fsp3) is 0.500. The summed E-state index contributed by atoms with van der Waals surface area (Å²) in [6.45, 7) is 2.85. The lowest BCUT2D eigenvalue weighted by Gasteiger charge is -2.01. The molecule has 0 radical (unpaired) electrons. The molecule has 66 valence electrons. The molecule has 0 amide bonds. The molecule has 2 N–H and O–H groups in total. The van der Waals surface area contributed by atoms with E-state index in [1.807, 2.05) is 6.07 Å². The number of hydrogen-bond acceptors (Lipinski definition) is 2. The van der Waals surface area contributed by atoms with Crippen LogP contribution in [-0.4, -0.2) is 11.5 Å². The number of rotatable bonds is 4. The van der Waals surface area contributed by atoms with E-state index < -0.39 is 0 Å². The van der Waals surface area contributed by atoms with Crippen LogP contribution < -0.4 is 5.73 Å². The Balaban J connectivity index is 2.67. The molecule has 2 heteroatoms. The first kappa shape index (κ1) is 9.20. The Morgan fingerprint density at radius 3 is 2.50 bits per heavy atom. The molecule has 0 saturated carbocycles. The summed E-state index contributed by atoms with van der Waals surface area (Å²) in [6, 6.07) is 6.17. The van der Waals surface area contributed by atoms with Gasteiger partial charge in [0.25, 0.3) is 0 Å². The maximum Gasteiger partial charge on any atom is 0.0419 e. The van der Waals surface area contributed by atoms with E-state index >= 15 is 0 Å². The largest absolute Gasteiger partial charge is 0.330 e. The quantitative estimate of drug-likeness (QED) is 0.733. The maximum atomic E-state index is 5.44. The van der Waals surface area contributed by atoms with Crippen LogP contribution in [0.15, 0.2) is 18.2 Å². The highest BCUT2D eigenvalue weighted by atomic mass is 14.7. The van der Waals surface area contributed by atoms with Crippen LogP contribution in [0.2, 0.25) is 0 Å². The third-order valence-electron chi connectivity index (χ3n) is 1.77. The molecule has 1 heterocycles. The van der Waals surface area contributed by atoms with Gasteiger partial charge in [0.15, 0.2) is 0 Å². The summed E-state index contributed by atoms with van der Waals surface area (Å²) in [5, 5.41) is 0. The van der Waals surface area contributed by atoms with Gasteiger partial charge in [-0.25, -0.2) is 0 Å². The van der Waals surface area contributed by atoms with E-state index in [4.69, 9.17) is 5.73 Å². The number of aryl methyl sites for hydroxylation is 1. The minimum atomic E-state index is 0.683. The Morgan fingerprint density at radius 2 is 1.92 bits per heavy atom. The number of aromatic nitrogens is 1. The smallest absolute Gasteiger partial charge is 0.0419 e. The van der Waals surface area contributed by atoms with E-state index in [1.165, 1.54) is 5.69 Å². The van der Waals surface area contributed by atoms with Crippen molar-refractivity contribution in [1.29, 1.82) is 0 Å². The van der Waals surface area contributed by atoms with E-state index in [0.29, 0.717) is 6.54 Å². The molecular weight excluding hydrogens is 148 g/mol. The van der Waals surface area contributed by atoms with Crippen molar-refractivity contribution < 1.29 is 0 Å². The Hall–Kier alpha value is -0.890. The van der Waals surface area contributed by atoms with Crippen LogP contribution in [0, 0.1) is 0 Å². The Labute approximate surface area is 73.8 Å². The first-order valence-corrected chi connectivity index (χ1v) is 4.51. The Morgan fingerprint density at radius 1 is 1.25 bits per heavy atom. The SMILES string of the molecule is CCCc1cccc(CCN)n1. The molecule has 0 unspecified atom stereocenters. The molecule has 0 bridgehead atoms. The van der Waals surface area contributed by atoms with Crippen molar-refractivity contribution in [3.8, 4) is 0 Å². The summed E-state index contributed by atoms with van der Waals surface area (Å²) in [5.41, 5.74) is 7.74. The molecule has 0 saturated heterocycles. The molecule has 1 rings (SSSR count). The molecule has 0 atom stereocenters. The van der Waals surface area contributed by atoms with Crippen LogP contribution in [0.5, 0.6) is 0 Å². The number of nitrogens with two attached hydrogens (primary N) is 1. The molecule has 0 aromatic carbocycles. The van der Waals surface area contributed by atoms with Gasteiger partial charge in [-0.2, -0.15) is 0 Å². The average molecular weight is 164 g/mol. The molecular formula is C10H16N2. The van der Waals surface area contributed by atoms with Crippen LogP contribution in [0.1, 0.15) is 24.7 Å². The third kappa shape index (κ3) is 2.62. The third-order valence-corrected chi connectivity index (χ3v) is 1.77. The predicted molar refractivity (Wildman–Crippen MR) is 51.0 cm³/mol. The van der Waals surface area contributed by atoms with Crippen LogP contribution in [0.25, 0.3) is 0 Å². The second kappa shape index (κ2) is 4.88. The minimum absolute atomic E-state index is 0.683. The number of pyridine rings is 1. The van der Waals surface area contributed by atoms with E-state index in [2.05, 4.69) is 24.0 Å². The minimum Gasteiger partial charge on any atom is -0.330 e. The monoisotopic (exact) mass is 164 g/mol. The second-order valence-corrected chi connectivity index (χ2v) is 2.91. The highest BCUT2D eigenvalue weighted by Crippen LogP contribution is 2.02. The van der Waals surface area contributed by atoms with Gasteiger partial charge in [0.1, 0.15) is 0 Å². The summed E-state index contributed by atoms with van der Waals surface area (Å²) in [4.78, 5) is 4.47. The van der Waals surface area contributed by atoms with E-state index in [9.17, 15) is 0 Å². The molecule has 0 aliphatic rings. The molecule has 2 nitrogen and oxygen atoms in total. The molecule has 0 spiro atoms. The van der Waals surface area contributed by atoms with Gasteiger partial charge in [-0.05, 0) is 25.1 Å². The molecule has 1 aromatic rings. The number of nitrogens with zero attached hydrogens (tertiary/aromatic N) is 1. The first-order valence-electron chi connectivity index (χ1n) is 4.51. The van der Waals surface area contributed by atoms with Gasteiger partial charge in [0, 0.05) is 17.8 Å². The highest BCUT2D eigenvalue weighted by molar-refractivity contribution is 5.11. The fourth-order valence-electron chi connectivity index (χ4n) is 1.21. The van der Waals surface area contributed by atoms with Crippen molar-refractivity contribution >= 4 is 0 Å². The van der Waals surface area contributed by atoms with Crippen LogP contribution in [0.4, 0.5) is 0 Å². The standard InChI is InChI=1S/C10H16N2/c1-2-4-9-5-3-6-10(12-9)7-8-11/h3,5-6H,2,4,7-8,11H2,1H3. The van der Waals surface area contributed by atoms with Crippen molar-refractivity contribution in [2.45, 2.75) is 26.2 Å². The zero-order chi connectivity index (χ0) is 8.81. The van der Waals surface area contributed by atoms with Crippen molar-refractivity contribution in [2.24, 2.45) is 5.73 Å². The molecule has 0 aliphatic carbocycles. The highest BCUT2D eigenvalue weighted by Gasteiger charge is 1.95. The van der Waals surface area contributed by atoms with Gasteiger partial charge in [-0.3, -0.25) is 4.98 Å². The first-order chi connectivity index (χ1) is 5.86. The lowest BCUT2D eigenvalue weighted by molar-refractivity contribution is 0.846. The fourth-order valence-corrected chi connectivity index (χ4v) is 1.21. The van der Waals surface area contributed by atoms with Crippen LogP contribution >= 0.6 is 0 Å². The summed E-state index contributed by atoms with van der Waals surface area (Å²) >= 11 is 0. The zero-order valence-corrected chi connectivity index (χ0v) is 7.59. The molecule has 12 heavy (non-hydrogen) atoms. The van der Waals surface area contributed by atoms with Crippen LogP contribution in [0.3, 0.4) is 0 Å². The van der Waals surface area contributed by atoms with E-state index in [-0.39, 0.29) is 0 Å². The van der Waals surface area contributed by atoms with Crippen molar-refractivity contribution in [3.05, 3.63) is 29.6 Å². The second-order valence-electron chi connectivity index (χ2n) is 2.91. The van der Waals surface area contributed by atoms with Crippen LogP contribution in [-0.2, 0) is 12.8 Å². The molecule has 0 aliphatic heterocycles. The molecule has 1 aromatic heterocycles. The Kier molecular flexibility index (Phi) is 3.74. The summed E-state index contributed by atoms with van der Waals surface area (Å²) in [5.74, 6) is 0. The van der Waals surface area contributed by atoms with Gasteiger partial charge >= 0.3 is 0 Å². The Bertz CT molecular complexity index is 212. The van der Waals surface area contributed by atoms with Gasteiger partial charge < -0.3 is 5.73 Å². The average Bonchev–Trinajstić information content (AvgIpc) is 2.06. The topological polar surface area (TPSA) is 38.9 Å². The summed E-state index contributed by atoms with van der Waals surface area (Å²) in [6.07, 6.45) is 3.11. The lowest BCUT2D eigenvalue weighted by atomic mass is 10.2. The lowest BCUT2D eigenvalue weighted by Crippen LogP contribution is -2.05. The van der Waals surface area contributed by atoms with Gasteiger partial charge in [0.05, 0.1) is 0 Å². The summed E-state index contributed by atoms with van der Waals surface area (Å²) < 4.78 is 0. The molecule has 0 fully saturated rings. The van der Waals surface area contributed by atoms with Crippen molar-refractivity contribution in [2.75, 3.05) is 6.54 Å². The maximum absolute atomic E-state index is 5.44. The normalized spacial score (nSPS) is 10.2. The summed E-state index contributed by atoms with van der Waals surface area (Å²) in [7, 11) is 0. The predicted octanol–water partition coefficient (Wildman–Crippen LogP) is 1.54. The van der Waals surface area contributed by atoms with Gasteiger partial charge in [-0.1, -0.05) is 19.4 Å². The van der Waals surface area contributed by atoms with Gasteiger partial charge in [-0.15, -0.1) is 0 Å². The number of hydrogen-bond donors (Lipinski definition) is 1. The van der Waals surface area contributed by atoms with Gasteiger partial charge in [0.2, 0.25) is 0 Å². The van der Waals surface area contributed by atoms with Crippen molar-refractivity contribution in [1.82, 2.24) is 4.98 Å². The van der Waals surface area contributed by atoms with Crippen molar-refractivity contribution in [3.63, 3.8) is 0 Å². The van der Waals surface area contributed by atoms with E-state index in [0.717, 1.165) is 25.0 Å². The van der Waals surface area contributed by atoms with E-state index in [1.54, 1.807) is 0 Å². The zero-order valence-electron chi connectivity index (χ0n) is 7.59.